The van der Waals surface area contributed by atoms with Gasteiger partial charge < -0.3 is 10.1 Å². The molecule has 0 aliphatic heterocycles. The highest BCUT2D eigenvalue weighted by molar-refractivity contribution is 7.85. The van der Waals surface area contributed by atoms with Gasteiger partial charge in [-0.25, -0.2) is 0 Å². The van der Waals surface area contributed by atoms with E-state index in [1.807, 2.05) is 48.7 Å². The van der Waals surface area contributed by atoms with Crippen molar-refractivity contribution in [1.29, 1.82) is 0 Å². The van der Waals surface area contributed by atoms with Crippen molar-refractivity contribution in [1.82, 2.24) is 5.32 Å². The fourth-order valence-corrected chi connectivity index (χ4v) is 3.81. The summed E-state index contributed by atoms with van der Waals surface area (Å²) in [6, 6.07) is 11.4. The molecule has 0 saturated carbocycles. The minimum atomic E-state index is -1.30. The number of thiophene rings is 1. The molecule has 23 heavy (non-hydrogen) atoms. The smallest absolute Gasteiger partial charge is 0.235 e. The molecule has 1 aromatic carbocycles. The second-order valence-corrected chi connectivity index (χ2v) is 7.79. The third-order valence-corrected chi connectivity index (χ3v) is 5.83. The summed E-state index contributed by atoms with van der Waals surface area (Å²) >= 11 is 1.59. The predicted molar refractivity (Wildman–Crippen MR) is 95.1 cm³/mol. The maximum absolute atomic E-state index is 12.5. The molecule has 0 aliphatic rings. The first-order chi connectivity index (χ1) is 11.1. The second kappa shape index (κ2) is 8.84. The number of benzene rings is 1. The van der Waals surface area contributed by atoms with E-state index in [-0.39, 0.29) is 5.91 Å². The average Bonchev–Trinajstić information content (AvgIpc) is 3.07. The highest BCUT2D eigenvalue weighted by Gasteiger charge is 2.21. The topological polar surface area (TPSA) is 55.4 Å². The molecule has 0 saturated heterocycles. The van der Waals surface area contributed by atoms with Crippen LogP contribution in [-0.2, 0) is 27.9 Å². The summed E-state index contributed by atoms with van der Waals surface area (Å²) in [6.07, 6.45) is 0. The number of amides is 1. The molecular formula is C17H21NO3S2. The number of rotatable bonds is 8. The Bertz CT molecular complexity index is 656. The Labute approximate surface area is 143 Å². The van der Waals surface area contributed by atoms with E-state index in [0.717, 1.165) is 16.2 Å². The summed E-state index contributed by atoms with van der Waals surface area (Å²) in [5, 5.41) is 4.24. The van der Waals surface area contributed by atoms with Gasteiger partial charge >= 0.3 is 0 Å². The fraction of sp³-hybridized carbons (Fsp3) is 0.353. The molecule has 0 radical (unpaired) electrons. The molecule has 0 fully saturated rings. The van der Waals surface area contributed by atoms with Crippen LogP contribution in [0.15, 0.2) is 41.8 Å². The lowest BCUT2D eigenvalue weighted by molar-refractivity contribution is -0.120. The zero-order chi connectivity index (χ0) is 16.7. The zero-order valence-electron chi connectivity index (χ0n) is 13.3. The molecule has 1 amide bonds. The van der Waals surface area contributed by atoms with E-state index in [9.17, 15) is 9.00 Å². The highest BCUT2D eigenvalue weighted by atomic mass is 32.2. The maximum Gasteiger partial charge on any atom is 0.235 e. The van der Waals surface area contributed by atoms with Gasteiger partial charge in [-0.15, -0.1) is 11.3 Å². The standard InChI is InChI=1S/C17H21NO3S2/c1-3-21-16-9-5-4-7-14(16)12-23(20)13(2)17(19)18-11-15-8-6-10-22-15/h4-10,13H,3,11-12H2,1-2H3,(H,18,19). The van der Waals surface area contributed by atoms with Gasteiger partial charge in [-0.2, -0.15) is 0 Å². The molecule has 2 aromatic rings. The van der Waals surface area contributed by atoms with Crippen LogP contribution in [0.3, 0.4) is 0 Å². The summed E-state index contributed by atoms with van der Waals surface area (Å²) < 4.78 is 18.0. The van der Waals surface area contributed by atoms with Crippen LogP contribution in [0.4, 0.5) is 0 Å². The monoisotopic (exact) mass is 351 g/mol. The van der Waals surface area contributed by atoms with Crippen LogP contribution in [0.5, 0.6) is 5.75 Å². The fourth-order valence-electron chi connectivity index (χ4n) is 2.05. The normalized spacial score (nSPS) is 13.3. The molecule has 124 valence electrons. The van der Waals surface area contributed by atoms with Crippen molar-refractivity contribution in [2.24, 2.45) is 0 Å². The molecule has 1 N–H and O–H groups in total. The summed E-state index contributed by atoms with van der Waals surface area (Å²) in [7, 11) is -1.30. The molecule has 2 unspecified atom stereocenters. The van der Waals surface area contributed by atoms with Gasteiger partial charge in [-0.3, -0.25) is 9.00 Å². The number of hydrogen-bond donors (Lipinski definition) is 1. The van der Waals surface area contributed by atoms with Gasteiger partial charge in [-0.1, -0.05) is 24.3 Å². The molecule has 0 aliphatic carbocycles. The highest BCUT2D eigenvalue weighted by Crippen LogP contribution is 2.20. The van der Waals surface area contributed by atoms with Crippen molar-refractivity contribution in [3.8, 4) is 5.75 Å². The Morgan fingerprint density at radius 3 is 2.78 bits per heavy atom. The second-order valence-electron chi connectivity index (χ2n) is 5.01. The van der Waals surface area contributed by atoms with Gasteiger partial charge in [-0.05, 0) is 31.4 Å². The Hall–Kier alpha value is -1.66. The minimum absolute atomic E-state index is 0.189. The van der Waals surface area contributed by atoms with Gasteiger partial charge in [0.15, 0.2) is 0 Å². The minimum Gasteiger partial charge on any atom is -0.494 e. The molecule has 2 rings (SSSR count). The van der Waals surface area contributed by atoms with Gasteiger partial charge in [0.1, 0.15) is 11.0 Å². The number of hydrogen-bond acceptors (Lipinski definition) is 4. The molecule has 4 nitrogen and oxygen atoms in total. The number of carbonyl (C=O) groups is 1. The number of carbonyl (C=O) groups excluding carboxylic acids is 1. The van der Waals surface area contributed by atoms with Crippen molar-refractivity contribution >= 4 is 28.0 Å². The lowest BCUT2D eigenvalue weighted by Crippen LogP contribution is -2.35. The number of nitrogens with one attached hydrogen (secondary N) is 1. The van der Waals surface area contributed by atoms with Crippen molar-refractivity contribution < 1.29 is 13.7 Å². The average molecular weight is 351 g/mol. The molecule has 2 atom stereocenters. The Morgan fingerprint density at radius 1 is 1.30 bits per heavy atom. The van der Waals surface area contributed by atoms with Crippen LogP contribution >= 0.6 is 11.3 Å². The van der Waals surface area contributed by atoms with E-state index < -0.39 is 16.0 Å². The molecular weight excluding hydrogens is 330 g/mol. The van der Waals surface area contributed by atoms with Crippen LogP contribution in [0.2, 0.25) is 0 Å². The van der Waals surface area contributed by atoms with E-state index in [0.29, 0.717) is 18.9 Å². The van der Waals surface area contributed by atoms with Gasteiger partial charge in [0.05, 0.1) is 18.9 Å². The van der Waals surface area contributed by atoms with Crippen LogP contribution in [0, 0.1) is 0 Å². The van der Waals surface area contributed by atoms with E-state index in [2.05, 4.69) is 5.32 Å². The van der Waals surface area contributed by atoms with E-state index in [1.165, 1.54) is 0 Å². The lowest BCUT2D eigenvalue weighted by atomic mass is 10.2. The van der Waals surface area contributed by atoms with Crippen LogP contribution in [0.1, 0.15) is 24.3 Å². The molecule has 1 aromatic heterocycles. The van der Waals surface area contributed by atoms with Crippen molar-refractivity contribution in [3.63, 3.8) is 0 Å². The van der Waals surface area contributed by atoms with Gasteiger partial charge in [0.25, 0.3) is 0 Å². The summed E-state index contributed by atoms with van der Waals surface area (Å²) in [5.41, 5.74) is 0.866. The van der Waals surface area contributed by atoms with Crippen molar-refractivity contribution in [3.05, 3.63) is 52.2 Å². The van der Waals surface area contributed by atoms with Gasteiger partial charge in [0, 0.05) is 21.2 Å². The third-order valence-electron chi connectivity index (χ3n) is 3.35. The first kappa shape index (κ1) is 17.7. The zero-order valence-corrected chi connectivity index (χ0v) is 14.9. The Kier molecular flexibility index (Phi) is 6.80. The molecule has 1 heterocycles. The summed E-state index contributed by atoms with van der Waals surface area (Å²) in [5.74, 6) is 0.851. The first-order valence-corrected chi connectivity index (χ1v) is 9.76. The van der Waals surface area contributed by atoms with Crippen LogP contribution in [0.25, 0.3) is 0 Å². The largest absolute Gasteiger partial charge is 0.494 e. The predicted octanol–water partition coefficient (Wildman–Crippen LogP) is 3.10. The maximum atomic E-state index is 12.5. The van der Waals surface area contributed by atoms with E-state index in [1.54, 1.807) is 18.3 Å². The SMILES string of the molecule is CCOc1ccccc1CS(=O)C(C)C(=O)NCc1cccs1. The number of ether oxygens (including phenoxy) is 1. The number of para-hydroxylation sites is 1. The molecule has 6 heteroatoms. The van der Waals surface area contributed by atoms with E-state index >= 15 is 0 Å². The first-order valence-electron chi connectivity index (χ1n) is 7.49. The molecule has 0 spiro atoms. The Balaban J connectivity index is 1.92. The Morgan fingerprint density at radius 2 is 2.09 bits per heavy atom. The lowest BCUT2D eigenvalue weighted by Gasteiger charge is -2.14. The quantitative estimate of drug-likeness (QED) is 0.795. The summed E-state index contributed by atoms with van der Waals surface area (Å²) in [4.78, 5) is 13.2. The van der Waals surface area contributed by atoms with Crippen LogP contribution in [-0.4, -0.2) is 22.0 Å². The summed E-state index contributed by atoms with van der Waals surface area (Å²) in [6.45, 7) is 4.64. The van der Waals surface area contributed by atoms with Gasteiger partial charge in [0.2, 0.25) is 5.91 Å². The van der Waals surface area contributed by atoms with Crippen molar-refractivity contribution in [2.75, 3.05) is 6.61 Å². The third kappa shape index (κ3) is 5.18. The molecule has 0 bridgehead atoms. The van der Waals surface area contributed by atoms with Crippen molar-refractivity contribution in [2.45, 2.75) is 31.4 Å². The van der Waals surface area contributed by atoms with E-state index in [4.69, 9.17) is 4.74 Å². The van der Waals surface area contributed by atoms with Crippen LogP contribution < -0.4 is 10.1 Å².